The summed E-state index contributed by atoms with van der Waals surface area (Å²) in [4.78, 5) is 0. The summed E-state index contributed by atoms with van der Waals surface area (Å²) in [5.74, 6) is 1.29. The molecule has 3 rings (SSSR count). The van der Waals surface area contributed by atoms with Crippen molar-refractivity contribution in [3.63, 3.8) is 0 Å². The third-order valence-electron chi connectivity index (χ3n) is 5.11. The Balaban J connectivity index is 1.77. The number of aliphatic hydroxyl groups is 2. The maximum Gasteiger partial charge on any atom is 0.119 e. The van der Waals surface area contributed by atoms with E-state index in [0.29, 0.717) is 12.4 Å². The van der Waals surface area contributed by atoms with E-state index < -0.39 is 0 Å². The molecule has 0 saturated heterocycles. The van der Waals surface area contributed by atoms with Crippen molar-refractivity contribution in [1.82, 2.24) is 0 Å². The molecule has 3 nitrogen and oxygen atoms in total. The summed E-state index contributed by atoms with van der Waals surface area (Å²) in [5, 5.41) is 19.3. The third-order valence-corrected chi connectivity index (χ3v) is 5.11. The van der Waals surface area contributed by atoms with Gasteiger partial charge in [-0.1, -0.05) is 42.7 Å². The van der Waals surface area contributed by atoms with E-state index in [-0.39, 0.29) is 12.5 Å². The van der Waals surface area contributed by atoms with Gasteiger partial charge in [-0.3, -0.25) is 0 Å². The van der Waals surface area contributed by atoms with E-state index in [9.17, 15) is 5.11 Å². The van der Waals surface area contributed by atoms with Crippen molar-refractivity contribution in [3.05, 3.63) is 65.0 Å². The summed E-state index contributed by atoms with van der Waals surface area (Å²) in [6.07, 6.45) is 14.3. The molecule has 1 aromatic carbocycles. The van der Waals surface area contributed by atoms with Crippen molar-refractivity contribution >= 4 is 0 Å². The molecule has 1 unspecified atom stereocenters. The molecular weight excluding hydrogens is 312 g/mol. The molecule has 1 saturated carbocycles. The highest BCUT2D eigenvalue weighted by molar-refractivity contribution is 5.41. The lowest BCUT2D eigenvalue weighted by Crippen LogP contribution is -2.14. The van der Waals surface area contributed by atoms with Gasteiger partial charge in [0, 0.05) is 5.92 Å². The van der Waals surface area contributed by atoms with Crippen LogP contribution in [-0.2, 0) is 6.42 Å². The van der Waals surface area contributed by atoms with E-state index in [2.05, 4.69) is 6.08 Å². The lowest BCUT2D eigenvalue weighted by Gasteiger charge is -2.24. The zero-order valence-electron chi connectivity index (χ0n) is 14.8. The van der Waals surface area contributed by atoms with E-state index in [0.717, 1.165) is 25.0 Å². The molecule has 0 aliphatic heterocycles. The fourth-order valence-corrected chi connectivity index (χ4v) is 3.79. The van der Waals surface area contributed by atoms with E-state index in [1.54, 1.807) is 0 Å². The van der Waals surface area contributed by atoms with E-state index >= 15 is 0 Å². The Bertz CT molecular complexity index is 642. The van der Waals surface area contributed by atoms with Crippen molar-refractivity contribution < 1.29 is 14.9 Å². The Kier molecular flexibility index (Phi) is 6.35. The van der Waals surface area contributed by atoms with Crippen LogP contribution in [0.5, 0.6) is 5.75 Å². The smallest absolute Gasteiger partial charge is 0.119 e. The van der Waals surface area contributed by atoms with Gasteiger partial charge < -0.3 is 14.9 Å². The maximum absolute atomic E-state index is 10.5. The summed E-state index contributed by atoms with van der Waals surface area (Å²) >= 11 is 0. The monoisotopic (exact) mass is 340 g/mol. The van der Waals surface area contributed by atoms with Crippen LogP contribution in [0.15, 0.2) is 59.4 Å². The molecule has 0 amide bonds. The number of ether oxygens (including phenoxy) is 1. The van der Waals surface area contributed by atoms with Gasteiger partial charge in [0.2, 0.25) is 0 Å². The molecule has 2 aliphatic rings. The second-order valence-electron chi connectivity index (χ2n) is 6.90. The van der Waals surface area contributed by atoms with Crippen LogP contribution in [0.4, 0.5) is 0 Å². The van der Waals surface area contributed by atoms with Gasteiger partial charge in [-0.25, -0.2) is 0 Å². The first-order chi connectivity index (χ1) is 12.3. The number of rotatable bonds is 5. The summed E-state index contributed by atoms with van der Waals surface area (Å²) in [5.41, 5.74) is 4.03. The van der Waals surface area contributed by atoms with Crippen LogP contribution < -0.4 is 4.74 Å². The van der Waals surface area contributed by atoms with Crippen LogP contribution in [0.3, 0.4) is 0 Å². The second-order valence-corrected chi connectivity index (χ2v) is 6.90. The minimum atomic E-state index is 0.0196. The minimum Gasteiger partial charge on any atom is -0.512 e. The Hall–Kier alpha value is -2.00. The zero-order valence-corrected chi connectivity index (χ0v) is 14.8. The largest absolute Gasteiger partial charge is 0.512 e. The van der Waals surface area contributed by atoms with Gasteiger partial charge >= 0.3 is 0 Å². The predicted molar refractivity (Wildman–Crippen MR) is 101 cm³/mol. The lowest BCUT2D eigenvalue weighted by atomic mass is 9.82. The molecule has 0 heterocycles. The van der Waals surface area contributed by atoms with Crippen molar-refractivity contribution in [2.45, 2.75) is 44.9 Å². The Morgan fingerprint density at radius 1 is 1.00 bits per heavy atom. The Morgan fingerprint density at radius 3 is 2.40 bits per heavy atom. The van der Waals surface area contributed by atoms with Gasteiger partial charge in [-0.2, -0.15) is 0 Å². The summed E-state index contributed by atoms with van der Waals surface area (Å²) in [6, 6.07) is 7.97. The van der Waals surface area contributed by atoms with Gasteiger partial charge in [0.05, 0.1) is 6.61 Å². The van der Waals surface area contributed by atoms with Gasteiger partial charge in [-0.15, -0.1) is 0 Å². The molecule has 134 valence electrons. The topological polar surface area (TPSA) is 49.7 Å². The number of hydrogen-bond acceptors (Lipinski definition) is 3. The predicted octanol–water partition coefficient (Wildman–Crippen LogP) is 4.88. The molecule has 1 aromatic rings. The SMILES string of the molecule is OCCOc1ccc(CC2C(O)=CC=CC2=C2CCCCCC2)cc1. The Labute approximate surface area is 150 Å². The molecule has 3 heteroatoms. The second kappa shape index (κ2) is 8.91. The molecule has 25 heavy (non-hydrogen) atoms. The number of aliphatic hydroxyl groups excluding tert-OH is 2. The van der Waals surface area contributed by atoms with E-state index in [1.165, 1.54) is 42.4 Å². The average Bonchev–Trinajstić information content (AvgIpc) is 2.92. The fourth-order valence-electron chi connectivity index (χ4n) is 3.79. The van der Waals surface area contributed by atoms with E-state index in [4.69, 9.17) is 9.84 Å². The maximum atomic E-state index is 10.5. The molecule has 2 aliphatic carbocycles. The molecule has 1 fully saturated rings. The summed E-state index contributed by atoms with van der Waals surface area (Å²) in [7, 11) is 0. The normalized spacial score (nSPS) is 21.0. The molecule has 0 bridgehead atoms. The molecule has 0 aromatic heterocycles. The van der Waals surface area contributed by atoms with Crippen molar-refractivity contribution in [2.75, 3.05) is 13.2 Å². The zero-order chi connectivity index (χ0) is 17.5. The van der Waals surface area contributed by atoms with E-state index in [1.807, 2.05) is 36.4 Å². The minimum absolute atomic E-state index is 0.0196. The molecule has 0 spiro atoms. The van der Waals surface area contributed by atoms with Gasteiger partial charge in [0.15, 0.2) is 0 Å². The van der Waals surface area contributed by atoms with Crippen LogP contribution in [0.2, 0.25) is 0 Å². The van der Waals surface area contributed by atoms with Crippen LogP contribution in [0.25, 0.3) is 0 Å². The van der Waals surface area contributed by atoms with Gasteiger partial charge in [0.25, 0.3) is 0 Å². The van der Waals surface area contributed by atoms with Gasteiger partial charge in [-0.05, 0) is 61.4 Å². The first-order valence-electron chi connectivity index (χ1n) is 9.39. The molecule has 0 radical (unpaired) electrons. The highest BCUT2D eigenvalue weighted by atomic mass is 16.5. The van der Waals surface area contributed by atoms with Crippen LogP contribution in [-0.4, -0.2) is 23.4 Å². The molecular formula is C22H28O3. The Morgan fingerprint density at radius 2 is 1.72 bits per heavy atom. The van der Waals surface area contributed by atoms with Gasteiger partial charge in [0.1, 0.15) is 18.1 Å². The standard InChI is InChI=1S/C22H28O3/c23-14-15-25-19-12-10-17(11-13-19)16-21-20(8-5-9-22(21)24)18-6-3-1-2-4-7-18/h5,8-13,21,23-24H,1-4,6-7,14-16H2. The summed E-state index contributed by atoms with van der Waals surface area (Å²) < 4.78 is 5.42. The number of allylic oxidation sites excluding steroid dienone is 5. The quantitative estimate of drug-likeness (QED) is 0.751. The van der Waals surface area contributed by atoms with Crippen LogP contribution in [0, 0.1) is 5.92 Å². The fraction of sp³-hybridized carbons (Fsp3) is 0.455. The average molecular weight is 340 g/mol. The van der Waals surface area contributed by atoms with Crippen molar-refractivity contribution in [2.24, 2.45) is 5.92 Å². The first kappa shape index (κ1) is 17.8. The number of benzene rings is 1. The highest BCUT2D eigenvalue weighted by Crippen LogP contribution is 2.35. The van der Waals surface area contributed by atoms with Crippen molar-refractivity contribution in [3.8, 4) is 5.75 Å². The van der Waals surface area contributed by atoms with Crippen LogP contribution >= 0.6 is 0 Å². The number of hydrogen-bond donors (Lipinski definition) is 2. The molecule has 1 atom stereocenters. The third kappa shape index (κ3) is 4.76. The molecule has 2 N–H and O–H groups in total. The summed E-state index contributed by atoms with van der Waals surface area (Å²) in [6.45, 7) is 0.332. The van der Waals surface area contributed by atoms with Crippen molar-refractivity contribution in [1.29, 1.82) is 0 Å². The lowest BCUT2D eigenvalue weighted by molar-refractivity contribution is 0.201. The highest BCUT2D eigenvalue weighted by Gasteiger charge is 2.23. The first-order valence-corrected chi connectivity index (χ1v) is 9.39. The van der Waals surface area contributed by atoms with Crippen LogP contribution in [0.1, 0.15) is 44.1 Å².